The smallest absolute Gasteiger partial charge is 0.282 e. The highest BCUT2D eigenvalue weighted by atomic mass is 32.2. The lowest BCUT2D eigenvalue weighted by Crippen LogP contribution is -2.45. The van der Waals surface area contributed by atoms with Crippen LogP contribution in [0.15, 0.2) is 24.4 Å². The van der Waals surface area contributed by atoms with Gasteiger partial charge in [-0.1, -0.05) is 12.5 Å². The van der Waals surface area contributed by atoms with Crippen LogP contribution in [-0.4, -0.2) is 51.3 Å². The standard InChI is InChI=1S/C15H21N5O2S/c21-23(22,18-9-3-1-4-10-18)20-12-6-7-13(20)15-17-16-14-8-2-5-11-19(14)15/h2,5,8,11,13H,1,3-4,6-7,9-10,12H2/t13-/m0/s1. The van der Waals surface area contributed by atoms with Gasteiger partial charge in [0.2, 0.25) is 0 Å². The summed E-state index contributed by atoms with van der Waals surface area (Å²) in [6.07, 6.45) is 6.57. The number of fused-ring (bicyclic) bond motifs is 1. The first-order valence-electron chi connectivity index (χ1n) is 8.24. The molecule has 0 radical (unpaired) electrons. The van der Waals surface area contributed by atoms with Gasteiger partial charge in [-0.3, -0.25) is 4.40 Å². The van der Waals surface area contributed by atoms with Gasteiger partial charge in [0.1, 0.15) is 0 Å². The van der Waals surface area contributed by atoms with Crippen molar-refractivity contribution in [1.29, 1.82) is 0 Å². The fourth-order valence-corrected chi connectivity index (χ4v) is 5.50. The van der Waals surface area contributed by atoms with E-state index >= 15 is 0 Å². The van der Waals surface area contributed by atoms with E-state index in [9.17, 15) is 8.42 Å². The van der Waals surface area contributed by atoms with E-state index in [-0.39, 0.29) is 6.04 Å². The first-order chi connectivity index (χ1) is 11.2. The minimum atomic E-state index is -3.42. The van der Waals surface area contributed by atoms with Crippen molar-refractivity contribution in [2.24, 2.45) is 0 Å². The summed E-state index contributed by atoms with van der Waals surface area (Å²) in [6, 6.07) is 5.48. The molecule has 0 saturated carbocycles. The van der Waals surface area contributed by atoms with Gasteiger partial charge in [0.25, 0.3) is 10.2 Å². The number of piperidine rings is 1. The molecule has 2 aliphatic rings. The second kappa shape index (κ2) is 5.85. The molecule has 2 fully saturated rings. The van der Waals surface area contributed by atoms with Gasteiger partial charge in [0, 0.05) is 25.8 Å². The fraction of sp³-hybridized carbons (Fsp3) is 0.600. The Hall–Kier alpha value is -1.51. The number of hydrogen-bond donors (Lipinski definition) is 0. The number of hydrogen-bond acceptors (Lipinski definition) is 4. The maximum atomic E-state index is 13.0. The van der Waals surface area contributed by atoms with Crippen molar-refractivity contribution < 1.29 is 8.42 Å². The molecule has 23 heavy (non-hydrogen) atoms. The van der Waals surface area contributed by atoms with Gasteiger partial charge in [0.05, 0.1) is 6.04 Å². The van der Waals surface area contributed by atoms with E-state index in [1.165, 1.54) is 0 Å². The van der Waals surface area contributed by atoms with E-state index in [1.54, 1.807) is 8.61 Å². The van der Waals surface area contributed by atoms with Crippen LogP contribution in [-0.2, 0) is 10.2 Å². The third-order valence-electron chi connectivity index (χ3n) is 4.78. The van der Waals surface area contributed by atoms with Gasteiger partial charge < -0.3 is 0 Å². The minimum Gasteiger partial charge on any atom is -0.285 e. The molecule has 0 aromatic carbocycles. The normalized spacial score (nSPS) is 24.4. The SMILES string of the molecule is O=S(=O)(N1CCCCC1)N1CCC[C@H]1c1nnc2ccccn12. The lowest BCUT2D eigenvalue weighted by Gasteiger charge is -2.32. The van der Waals surface area contributed by atoms with Crippen molar-refractivity contribution in [3.05, 3.63) is 30.2 Å². The number of nitrogens with zero attached hydrogens (tertiary/aromatic N) is 5. The van der Waals surface area contributed by atoms with Crippen molar-refractivity contribution in [1.82, 2.24) is 23.2 Å². The van der Waals surface area contributed by atoms with Crippen LogP contribution in [0.2, 0.25) is 0 Å². The van der Waals surface area contributed by atoms with Crippen LogP contribution in [0.4, 0.5) is 0 Å². The highest BCUT2D eigenvalue weighted by Gasteiger charge is 2.41. The summed E-state index contributed by atoms with van der Waals surface area (Å²) in [7, 11) is -3.42. The molecule has 124 valence electrons. The summed E-state index contributed by atoms with van der Waals surface area (Å²) in [6.45, 7) is 1.82. The van der Waals surface area contributed by atoms with Crippen molar-refractivity contribution >= 4 is 15.9 Å². The van der Waals surface area contributed by atoms with Crippen LogP contribution in [0.25, 0.3) is 5.65 Å². The van der Waals surface area contributed by atoms with Crippen LogP contribution in [0.5, 0.6) is 0 Å². The highest BCUT2D eigenvalue weighted by molar-refractivity contribution is 7.86. The Morgan fingerprint density at radius 1 is 1.00 bits per heavy atom. The lowest BCUT2D eigenvalue weighted by atomic mass is 10.2. The third kappa shape index (κ3) is 2.54. The monoisotopic (exact) mass is 335 g/mol. The van der Waals surface area contributed by atoms with E-state index < -0.39 is 10.2 Å². The van der Waals surface area contributed by atoms with Gasteiger partial charge in [0.15, 0.2) is 11.5 Å². The molecule has 0 bridgehead atoms. The zero-order valence-corrected chi connectivity index (χ0v) is 13.8. The maximum absolute atomic E-state index is 13.0. The van der Waals surface area contributed by atoms with Crippen molar-refractivity contribution in [3.8, 4) is 0 Å². The summed E-state index contributed by atoms with van der Waals surface area (Å²) in [5.41, 5.74) is 0.754. The molecule has 2 aromatic rings. The predicted molar refractivity (Wildman–Crippen MR) is 86.0 cm³/mol. The third-order valence-corrected chi connectivity index (χ3v) is 6.83. The molecule has 4 heterocycles. The Labute approximate surface area is 136 Å². The average molecular weight is 335 g/mol. The molecule has 2 aromatic heterocycles. The van der Waals surface area contributed by atoms with E-state index in [2.05, 4.69) is 10.2 Å². The molecule has 7 nitrogen and oxygen atoms in total. The van der Waals surface area contributed by atoms with E-state index in [1.807, 2.05) is 28.8 Å². The van der Waals surface area contributed by atoms with Crippen molar-refractivity contribution in [2.75, 3.05) is 19.6 Å². The minimum absolute atomic E-state index is 0.223. The van der Waals surface area contributed by atoms with Crippen LogP contribution < -0.4 is 0 Å². The second-order valence-corrected chi connectivity index (χ2v) is 8.10. The Balaban J connectivity index is 1.69. The summed E-state index contributed by atoms with van der Waals surface area (Å²) in [5, 5.41) is 8.44. The van der Waals surface area contributed by atoms with Gasteiger partial charge in [-0.2, -0.15) is 17.0 Å². The van der Waals surface area contributed by atoms with E-state index in [4.69, 9.17) is 0 Å². The first-order valence-corrected chi connectivity index (χ1v) is 9.64. The quantitative estimate of drug-likeness (QED) is 0.854. The molecule has 8 heteroatoms. The number of rotatable bonds is 3. The van der Waals surface area contributed by atoms with Gasteiger partial charge in [-0.15, -0.1) is 10.2 Å². The van der Waals surface area contributed by atoms with Crippen LogP contribution in [0.1, 0.15) is 44.0 Å². The number of aromatic nitrogens is 3. The van der Waals surface area contributed by atoms with Gasteiger partial charge in [-0.25, -0.2) is 0 Å². The average Bonchev–Trinajstić information content (AvgIpc) is 3.22. The second-order valence-electron chi connectivity index (χ2n) is 6.22. The largest absolute Gasteiger partial charge is 0.285 e. The molecule has 0 unspecified atom stereocenters. The van der Waals surface area contributed by atoms with Crippen molar-refractivity contribution in [3.63, 3.8) is 0 Å². The highest BCUT2D eigenvalue weighted by Crippen LogP contribution is 2.35. The Kier molecular flexibility index (Phi) is 3.82. The van der Waals surface area contributed by atoms with E-state index in [0.717, 1.165) is 43.6 Å². The molecule has 0 spiro atoms. The van der Waals surface area contributed by atoms with Crippen LogP contribution >= 0.6 is 0 Å². The van der Waals surface area contributed by atoms with Gasteiger partial charge >= 0.3 is 0 Å². The number of pyridine rings is 1. The topological polar surface area (TPSA) is 70.8 Å². The molecule has 2 aliphatic heterocycles. The van der Waals surface area contributed by atoms with Crippen molar-refractivity contribution in [2.45, 2.75) is 38.1 Å². The molecular formula is C15H21N5O2S. The Morgan fingerprint density at radius 3 is 2.65 bits per heavy atom. The predicted octanol–water partition coefficient (Wildman–Crippen LogP) is 1.60. The lowest BCUT2D eigenvalue weighted by molar-refractivity contribution is 0.292. The van der Waals surface area contributed by atoms with Crippen LogP contribution in [0, 0.1) is 0 Å². The Morgan fingerprint density at radius 2 is 1.83 bits per heavy atom. The van der Waals surface area contributed by atoms with Gasteiger partial charge in [-0.05, 0) is 37.8 Å². The molecule has 0 aliphatic carbocycles. The van der Waals surface area contributed by atoms with E-state index in [0.29, 0.717) is 19.6 Å². The molecule has 0 amide bonds. The molecular weight excluding hydrogens is 314 g/mol. The summed E-state index contributed by atoms with van der Waals surface area (Å²) in [4.78, 5) is 0. The zero-order chi connectivity index (χ0) is 15.9. The molecule has 1 atom stereocenters. The zero-order valence-electron chi connectivity index (χ0n) is 13.0. The first kappa shape index (κ1) is 15.0. The molecule has 4 rings (SSSR count). The summed E-state index contributed by atoms with van der Waals surface area (Å²) < 4.78 is 31.2. The maximum Gasteiger partial charge on any atom is 0.282 e. The fourth-order valence-electron chi connectivity index (χ4n) is 3.61. The molecule has 2 saturated heterocycles. The van der Waals surface area contributed by atoms with Crippen LogP contribution in [0.3, 0.4) is 0 Å². The summed E-state index contributed by atoms with van der Waals surface area (Å²) in [5.74, 6) is 0.721. The Bertz CT molecular complexity index is 797. The molecule has 0 N–H and O–H groups in total. The summed E-state index contributed by atoms with van der Waals surface area (Å²) >= 11 is 0.